The first-order chi connectivity index (χ1) is 14.4. The van der Waals surface area contributed by atoms with Crippen LogP contribution in [0.3, 0.4) is 0 Å². The second kappa shape index (κ2) is 9.41. The highest BCUT2D eigenvalue weighted by atomic mass is 79.9. The first-order valence-electron chi connectivity index (χ1n) is 8.59. The summed E-state index contributed by atoms with van der Waals surface area (Å²) < 4.78 is 44.4. The van der Waals surface area contributed by atoms with Crippen LogP contribution in [0.4, 0.5) is 19.0 Å². The van der Waals surface area contributed by atoms with Crippen molar-refractivity contribution >= 4 is 28.0 Å². The number of ether oxygens (including phenoxy) is 1. The van der Waals surface area contributed by atoms with Gasteiger partial charge in [0, 0.05) is 21.8 Å². The van der Waals surface area contributed by atoms with E-state index >= 15 is 0 Å². The Labute approximate surface area is 179 Å². The standard InChI is InChI=1S/C21H14BrF3N4O/c22-18-6-7-19(30-13-15-4-2-1-3-14(15)10-26)16(9-18)11-28-29-20-8-5-17(12-27-20)21(23,24)25/h1-9,11-12H,13H2,(H,27,29)/b28-11-. The predicted octanol–water partition coefficient (Wildman–Crippen LogP) is 5.76. The molecular formula is C21H14BrF3N4O. The fourth-order valence-electron chi connectivity index (χ4n) is 2.46. The Morgan fingerprint density at radius 2 is 1.97 bits per heavy atom. The number of halogens is 4. The summed E-state index contributed by atoms with van der Waals surface area (Å²) in [6, 6.07) is 16.7. The van der Waals surface area contributed by atoms with E-state index in [1.165, 1.54) is 12.3 Å². The van der Waals surface area contributed by atoms with E-state index < -0.39 is 11.7 Å². The van der Waals surface area contributed by atoms with Crippen molar-refractivity contribution in [3.05, 3.63) is 87.5 Å². The molecule has 152 valence electrons. The predicted molar refractivity (Wildman–Crippen MR) is 110 cm³/mol. The van der Waals surface area contributed by atoms with Gasteiger partial charge in [-0.25, -0.2) is 4.98 Å². The summed E-state index contributed by atoms with van der Waals surface area (Å²) in [5.41, 5.74) is 3.65. The SMILES string of the molecule is N#Cc1ccccc1COc1ccc(Br)cc1/C=N\Nc1ccc(C(F)(F)F)cn1. The number of hydrazone groups is 1. The minimum absolute atomic E-state index is 0.166. The maximum atomic E-state index is 12.6. The third-order valence-electron chi connectivity index (χ3n) is 3.97. The molecule has 0 saturated heterocycles. The first-order valence-corrected chi connectivity index (χ1v) is 9.39. The molecule has 0 aliphatic rings. The molecule has 3 rings (SSSR count). The molecule has 9 heteroatoms. The summed E-state index contributed by atoms with van der Waals surface area (Å²) in [5, 5.41) is 13.2. The van der Waals surface area contributed by atoms with Crippen molar-refractivity contribution in [2.75, 3.05) is 5.43 Å². The van der Waals surface area contributed by atoms with Gasteiger partial charge in [0.1, 0.15) is 18.2 Å². The van der Waals surface area contributed by atoms with Crippen molar-refractivity contribution in [3.8, 4) is 11.8 Å². The molecule has 0 aliphatic carbocycles. The molecule has 0 saturated carbocycles. The van der Waals surface area contributed by atoms with Crippen molar-refractivity contribution in [1.29, 1.82) is 5.26 Å². The maximum absolute atomic E-state index is 12.6. The van der Waals surface area contributed by atoms with E-state index in [1.54, 1.807) is 30.3 Å². The molecule has 0 unspecified atom stereocenters. The summed E-state index contributed by atoms with van der Waals surface area (Å²) in [5.74, 6) is 0.691. The van der Waals surface area contributed by atoms with E-state index in [2.05, 4.69) is 37.5 Å². The van der Waals surface area contributed by atoms with Gasteiger partial charge in [-0.2, -0.15) is 23.5 Å². The molecule has 2 aromatic carbocycles. The minimum atomic E-state index is -4.44. The number of nitrogens with one attached hydrogen (secondary N) is 1. The lowest BCUT2D eigenvalue weighted by Gasteiger charge is -2.11. The third kappa shape index (κ3) is 5.58. The second-order valence-electron chi connectivity index (χ2n) is 6.04. The molecule has 0 amide bonds. The Hall–Kier alpha value is -3.38. The molecule has 0 atom stereocenters. The Morgan fingerprint density at radius 3 is 2.67 bits per heavy atom. The van der Waals surface area contributed by atoms with Gasteiger partial charge in [0.2, 0.25) is 0 Å². The Morgan fingerprint density at radius 1 is 1.17 bits per heavy atom. The van der Waals surface area contributed by atoms with E-state index in [9.17, 15) is 18.4 Å². The number of hydrogen-bond donors (Lipinski definition) is 1. The van der Waals surface area contributed by atoms with Crippen LogP contribution in [0.25, 0.3) is 0 Å². The van der Waals surface area contributed by atoms with E-state index in [4.69, 9.17) is 4.74 Å². The fraction of sp³-hybridized carbons (Fsp3) is 0.0952. The van der Waals surface area contributed by atoms with Gasteiger partial charge in [-0.05, 0) is 36.4 Å². The average molecular weight is 475 g/mol. The molecule has 3 aromatic rings. The highest BCUT2D eigenvalue weighted by Gasteiger charge is 2.30. The van der Waals surface area contributed by atoms with Crippen molar-refractivity contribution < 1.29 is 17.9 Å². The summed E-state index contributed by atoms with van der Waals surface area (Å²) in [6.45, 7) is 0.195. The molecule has 1 heterocycles. The number of hydrogen-bond acceptors (Lipinski definition) is 5. The van der Waals surface area contributed by atoms with E-state index in [0.717, 1.165) is 22.3 Å². The largest absolute Gasteiger partial charge is 0.488 e. The molecule has 5 nitrogen and oxygen atoms in total. The van der Waals surface area contributed by atoms with Crippen molar-refractivity contribution in [1.82, 2.24) is 4.98 Å². The van der Waals surface area contributed by atoms with E-state index in [0.29, 0.717) is 16.9 Å². The summed E-state index contributed by atoms with van der Waals surface area (Å²) in [6.07, 6.45) is -2.24. The van der Waals surface area contributed by atoms with Gasteiger partial charge in [-0.3, -0.25) is 5.43 Å². The molecule has 0 spiro atoms. The van der Waals surface area contributed by atoms with Crippen LogP contribution in [-0.2, 0) is 12.8 Å². The topological polar surface area (TPSA) is 70.3 Å². The Kier molecular flexibility index (Phi) is 6.69. The van der Waals surface area contributed by atoms with Gasteiger partial charge < -0.3 is 4.74 Å². The lowest BCUT2D eigenvalue weighted by atomic mass is 10.1. The summed E-state index contributed by atoms with van der Waals surface area (Å²) >= 11 is 3.38. The van der Waals surface area contributed by atoms with Crippen LogP contribution in [0.5, 0.6) is 5.75 Å². The molecule has 30 heavy (non-hydrogen) atoms. The maximum Gasteiger partial charge on any atom is 0.417 e. The number of rotatable bonds is 6. The molecule has 0 radical (unpaired) electrons. The average Bonchev–Trinajstić information content (AvgIpc) is 2.73. The first kappa shape index (κ1) is 21.3. The van der Waals surface area contributed by atoms with Gasteiger partial charge in [-0.15, -0.1) is 0 Å². The fourth-order valence-corrected chi connectivity index (χ4v) is 2.84. The van der Waals surface area contributed by atoms with Crippen molar-refractivity contribution in [2.45, 2.75) is 12.8 Å². The highest BCUT2D eigenvalue weighted by molar-refractivity contribution is 9.10. The van der Waals surface area contributed by atoms with Crippen LogP contribution in [0, 0.1) is 11.3 Å². The Balaban J connectivity index is 1.71. The highest BCUT2D eigenvalue weighted by Crippen LogP contribution is 2.29. The van der Waals surface area contributed by atoms with E-state index in [1.807, 2.05) is 12.1 Å². The molecule has 0 bridgehead atoms. The van der Waals surface area contributed by atoms with Crippen molar-refractivity contribution in [2.24, 2.45) is 5.10 Å². The third-order valence-corrected chi connectivity index (χ3v) is 4.46. The van der Waals surface area contributed by atoms with Crippen LogP contribution in [-0.4, -0.2) is 11.2 Å². The lowest BCUT2D eigenvalue weighted by molar-refractivity contribution is -0.137. The van der Waals surface area contributed by atoms with Gasteiger partial charge >= 0.3 is 6.18 Å². The molecular weight excluding hydrogens is 461 g/mol. The van der Waals surface area contributed by atoms with Gasteiger partial charge in [0.05, 0.1) is 23.4 Å². The lowest BCUT2D eigenvalue weighted by Crippen LogP contribution is -2.05. The van der Waals surface area contributed by atoms with Crippen LogP contribution in [0.1, 0.15) is 22.3 Å². The summed E-state index contributed by atoms with van der Waals surface area (Å²) in [7, 11) is 0. The zero-order chi connectivity index (χ0) is 21.6. The van der Waals surface area contributed by atoms with Gasteiger partial charge in [0.25, 0.3) is 0 Å². The monoisotopic (exact) mass is 474 g/mol. The van der Waals surface area contributed by atoms with Crippen LogP contribution in [0.2, 0.25) is 0 Å². The number of anilines is 1. The number of aromatic nitrogens is 1. The van der Waals surface area contributed by atoms with Crippen LogP contribution >= 0.6 is 15.9 Å². The smallest absolute Gasteiger partial charge is 0.417 e. The molecule has 1 aromatic heterocycles. The Bertz CT molecular complexity index is 1090. The minimum Gasteiger partial charge on any atom is -0.488 e. The number of nitriles is 1. The van der Waals surface area contributed by atoms with Crippen LogP contribution < -0.4 is 10.2 Å². The van der Waals surface area contributed by atoms with Crippen LogP contribution in [0.15, 0.2) is 70.4 Å². The zero-order valence-electron chi connectivity index (χ0n) is 15.3. The van der Waals surface area contributed by atoms with Gasteiger partial charge in [0.15, 0.2) is 0 Å². The summed E-state index contributed by atoms with van der Waals surface area (Å²) in [4.78, 5) is 3.70. The molecule has 0 fully saturated rings. The number of alkyl halides is 3. The van der Waals surface area contributed by atoms with Crippen molar-refractivity contribution in [3.63, 3.8) is 0 Å². The van der Waals surface area contributed by atoms with E-state index in [-0.39, 0.29) is 12.4 Å². The van der Waals surface area contributed by atoms with Gasteiger partial charge in [-0.1, -0.05) is 34.1 Å². The molecule has 0 aliphatic heterocycles. The second-order valence-corrected chi connectivity index (χ2v) is 6.96. The molecule has 1 N–H and O–H groups in total. The zero-order valence-corrected chi connectivity index (χ0v) is 16.9. The number of benzene rings is 2. The quantitative estimate of drug-likeness (QED) is 0.364. The number of nitrogens with zero attached hydrogens (tertiary/aromatic N) is 3. The number of pyridine rings is 1. The normalized spacial score (nSPS) is 11.3.